The number of nitrogens with one attached hydrogen (secondary N) is 1. The lowest BCUT2D eigenvalue weighted by molar-refractivity contribution is -0.136. The van der Waals surface area contributed by atoms with Gasteiger partial charge < -0.3 is 20.9 Å². The van der Waals surface area contributed by atoms with Crippen molar-refractivity contribution < 1.29 is 14.6 Å². The minimum absolute atomic E-state index is 0.127. The fourth-order valence-corrected chi connectivity index (χ4v) is 1.85. The van der Waals surface area contributed by atoms with Gasteiger partial charge in [0.15, 0.2) is 0 Å². The van der Waals surface area contributed by atoms with Crippen LogP contribution in [0.3, 0.4) is 0 Å². The maximum absolute atomic E-state index is 10.5. The summed E-state index contributed by atoms with van der Waals surface area (Å²) in [5, 5.41) is 11.9. The van der Waals surface area contributed by atoms with Crippen LogP contribution in [-0.4, -0.2) is 30.3 Å². The molecule has 98 valence electrons. The molecule has 0 bridgehead atoms. The molecule has 18 heavy (non-hydrogen) atoms. The Morgan fingerprint density at radius 2 is 2.33 bits per heavy atom. The summed E-state index contributed by atoms with van der Waals surface area (Å²) in [6.45, 7) is 1.61. The third-order valence-electron chi connectivity index (χ3n) is 3.06. The number of benzene rings is 1. The summed E-state index contributed by atoms with van der Waals surface area (Å²) in [6, 6.07) is 5.63. The minimum atomic E-state index is -0.794. The van der Waals surface area contributed by atoms with Gasteiger partial charge in [-0.2, -0.15) is 0 Å². The molecule has 1 aliphatic rings. The maximum atomic E-state index is 10.5. The molecule has 5 heteroatoms. The maximum Gasteiger partial charge on any atom is 0.303 e. The largest absolute Gasteiger partial charge is 0.481 e. The number of nitrogens with two attached hydrogens (primary N) is 1. The van der Waals surface area contributed by atoms with Crippen LogP contribution >= 0.6 is 0 Å². The molecule has 2 rings (SSSR count). The van der Waals surface area contributed by atoms with Crippen molar-refractivity contribution in [1.82, 2.24) is 0 Å². The van der Waals surface area contributed by atoms with Gasteiger partial charge in [-0.3, -0.25) is 4.79 Å². The lowest BCUT2D eigenvalue weighted by atomic mass is 10.1. The van der Waals surface area contributed by atoms with Gasteiger partial charge in [0, 0.05) is 19.6 Å². The fourth-order valence-electron chi connectivity index (χ4n) is 1.85. The van der Waals surface area contributed by atoms with E-state index in [1.165, 1.54) is 0 Å². The number of aryl methyl sites for hydroxylation is 1. The van der Waals surface area contributed by atoms with Crippen molar-refractivity contribution in [2.24, 2.45) is 0 Å². The summed E-state index contributed by atoms with van der Waals surface area (Å²) in [5.74, 6) is -0.794. The van der Waals surface area contributed by atoms with E-state index in [-0.39, 0.29) is 12.5 Å². The molecule has 0 aromatic heterocycles. The molecular formula is C13H18N2O3. The number of aliphatic carboxylic acids is 1. The van der Waals surface area contributed by atoms with Crippen LogP contribution in [0.1, 0.15) is 18.4 Å². The van der Waals surface area contributed by atoms with Gasteiger partial charge in [0.25, 0.3) is 0 Å². The zero-order valence-corrected chi connectivity index (χ0v) is 10.2. The second kappa shape index (κ2) is 5.73. The lowest BCUT2D eigenvalue weighted by Gasteiger charge is -2.27. The summed E-state index contributed by atoms with van der Waals surface area (Å²) < 4.78 is 5.31. The molecule has 1 aromatic carbocycles. The van der Waals surface area contributed by atoms with E-state index < -0.39 is 5.97 Å². The number of hydrogen-bond donors (Lipinski definition) is 3. The first-order valence-electron chi connectivity index (χ1n) is 6.11. The number of carboxylic acid groups (broad SMARTS) is 1. The van der Waals surface area contributed by atoms with Crippen LogP contribution < -0.4 is 11.1 Å². The number of rotatable bonds is 6. The Balaban J connectivity index is 1.89. The molecule has 1 unspecified atom stereocenters. The van der Waals surface area contributed by atoms with Crippen LogP contribution in [0.4, 0.5) is 11.4 Å². The Bertz CT molecular complexity index is 430. The van der Waals surface area contributed by atoms with E-state index in [9.17, 15) is 4.79 Å². The van der Waals surface area contributed by atoms with Gasteiger partial charge in [0.1, 0.15) is 0 Å². The highest BCUT2D eigenvalue weighted by Crippen LogP contribution is 2.22. The SMILES string of the molecule is Nc1cc(CCC(=O)O)ccc1NCC1CCO1. The normalized spacial score (nSPS) is 18.1. The van der Waals surface area contributed by atoms with Gasteiger partial charge in [0.05, 0.1) is 17.5 Å². The number of nitrogen functional groups attached to an aromatic ring is 1. The zero-order chi connectivity index (χ0) is 13.0. The predicted octanol–water partition coefficient (Wildman–Crippen LogP) is 1.49. The molecule has 1 saturated heterocycles. The number of anilines is 2. The van der Waals surface area contributed by atoms with E-state index in [1.54, 1.807) is 0 Å². The van der Waals surface area contributed by atoms with Gasteiger partial charge in [-0.15, -0.1) is 0 Å². The van der Waals surface area contributed by atoms with E-state index in [4.69, 9.17) is 15.6 Å². The van der Waals surface area contributed by atoms with Crippen LogP contribution in [-0.2, 0) is 16.0 Å². The van der Waals surface area contributed by atoms with Crippen molar-refractivity contribution >= 4 is 17.3 Å². The Kier molecular flexibility index (Phi) is 4.04. The summed E-state index contributed by atoms with van der Waals surface area (Å²) in [7, 11) is 0. The monoisotopic (exact) mass is 250 g/mol. The molecule has 1 fully saturated rings. The smallest absolute Gasteiger partial charge is 0.303 e. The topological polar surface area (TPSA) is 84.6 Å². The van der Waals surface area contributed by atoms with Crippen LogP contribution in [0.15, 0.2) is 18.2 Å². The van der Waals surface area contributed by atoms with Crippen molar-refractivity contribution in [3.05, 3.63) is 23.8 Å². The number of carbonyl (C=O) groups is 1. The Morgan fingerprint density at radius 3 is 2.89 bits per heavy atom. The van der Waals surface area contributed by atoms with Crippen LogP contribution in [0.25, 0.3) is 0 Å². The predicted molar refractivity (Wildman–Crippen MR) is 69.7 cm³/mol. The van der Waals surface area contributed by atoms with Gasteiger partial charge in [-0.1, -0.05) is 6.07 Å². The van der Waals surface area contributed by atoms with Crippen molar-refractivity contribution in [2.45, 2.75) is 25.4 Å². The van der Waals surface area contributed by atoms with E-state index in [1.807, 2.05) is 18.2 Å². The zero-order valence-electron chi connectivity index (χ0n) is 10.2. The summed E-state index contributed by atoms with van der Waals surface area (Å²) in [4.78, 5) is 10.5. The van der Waals surface area contributed by atoms with Crippen LogP contribution in [0.2, 0.25) is 0 Å². The quantitative estimate of drug-likeness (QED) is 0.666. The van der Waals surface area contributed by atoms with E-state index in [0.29, 0.717) is 12.1 Å². The van der Waals surface area contributed by atoms with Crippen molar-refractivity contribution in [3.8, 4) is 0 Å². The average Bonchev–Trinajstić information content (AvgIpc) is 2.26. The molecule has 0 spiro atoms. The molecule has 0 radical (unpaired) electrons. The molecule has 1 heterocycles. The summed E-state index contributed by atoms with van der Waals surface area (Å²) in [5.41, 5.74) is 8.40. The molecule has 0 amide bonds. The highest BCUT2D eigenvalue weighted by Gasteiger charge is 2.17. The first-order valence-corrected chi connectivity index (χ1v) is 6.11. The fraction of sp³-hybridized carbons (Fsp3) is 0.462. The molecule has 5 nitrogen and oxygen atoms in total. The molecule has 0 aliphatic carbocycles. The van der Waals surface area contributed by atoms with E-state index in [2.05, 4.69) is 5.32 Å². The van der Waals surface area contributed by atoms with Gasteiger partial charge in [-0.05, 0) is 30.5 Å². The van der Waals surface area contributed by atoms with Gasteiger partial charge >= 0.3 is 5.97 Å². The first kappa shape index (κ1) is 12.7. The molecule has 0 saturated carbocycles. The lowest BCUT2D eigenvalue weighted by Crippen LogP contribution is -2.33. The first-order chi connectivity index (χ1) is 8.65. The van der Waals surface area contributed by atoms with Crippen molar-refractivity contribution in [1.29, 1.82) is 0 Å². The number of carboxylic acids is 1. The highest BCUT2D eigenvalue weighted by atomic mass is 16.5. The summed E-state index contributed by atoms with van der Waals surface area (Å²) >= 11 is 0. The molecule has 1 atom stereocenters. The number of hydrogen-bond acceptors (Lipinski definition) is 4. The minimum Gasteiger partial charge on any atom is -0.481 e. The molecule has 4 N–H and O–H groups in total. The van der Waals surface area contributed by atoms with E-state index >= 15 is 0 Å². The summed E-state index contributed by atoms with van der Waals surface area (Å²) in [6.07, 6.45) is 2.01. The average molecular weight is 250 g/mol. The standard InChI is InChI=1S/C13H18N2O3/c14-11-7-9(2-4-13(16)17)1-3-12(11)15-8-10-5-6-18-10/h1,3,7,10,15H,2,4-6,8,14H2,(H,16,17). The third-order valence-corrected chi connectivity index (χ3v) is 3.06. The van der Waals surface area contributed by atoms with Crippen molar-refractivity contribution in [3.63, 3.8) is 0 Å². The van der Waals surface area contributed by atoms with Crippen LogP contribution in [0, 0.1) is 0 Å². The third kappa shape index (κ3) is 3.37. The molecular weight excluding hydrogens is 232 g/mol. The van der Waals surface area contributed by atoms with E-state index in [0.717, 1.165) is 30.8 Å². The second-order valence-corrected chi connectivity index (χ2v) is 4.48. The Hall–Kier alpha value is -1.75. The Morgan fingerprint density at radius 1 is 1.56 bits per heavy atom. The van der Waals surface area contributed by atoms with Crippen molar-refractivity contribution in [2.75, 3.05) is 24.2 Å². The highest BCUT2D eigenvalue weighted by molar-refractivity contribution is 5.69. The molecule has 1 aliphatic heterocycles. The molecule has 1 aromatic rings. The van der Waals surface area contributed by atoms with Gasteiger partial charge in [-0.25, -0.2) is 0 Å². The second-order valence-electron chi connectivity index (χ2n) is 4.48. The van der Waals surface area contributed by atoms with Crippen LogP contribution in [0.5, 0.6) is 0 Å². The number of ether oxygens (including phenoxy) is 1. The Labute approximate surface area is 106 Å². The van der Waals surface area contributed by atoms with Gasteiger partial charge in [0.2, 0.25) is 0 Å².